The fraction of sp³-hybridized carbons (Fsp3) is 0.400. The quantitative estimate of drug-likeness (QED) is 0.769. The Hall–Kier alpha value is -1.63. The number of hydrogen-bond donors (Lipinski definition) is 2. The van der Waals surface area contributed by atoms with Gasteiger partial charge >= 0.3 is 5.97 Å². The van der Waals surface area contributed by atoms with E-state index in [1.54, 1.807) is 26.0 Å². The third-order valence-electron chi connectivity index (χ3n) is 1.76. The lowest BCUT2D eigenvalue weighted by Crippen LogP contribution is -2.18. The number of carbonyl (C=O) groups excluding carboxylic acids is 1. The van der Waals surface area contributed by atoms with Crippen LogP contribution in [0.25, 0.3) is 0 Å². The number of aliphatic carboxylic acids is 1. The monoisotopic (exact) mass is 255 g/mol. The molecule has 1 heterocycles. The molecule has 0 aliphatic rings. The number of carboxylic acid groups (broad SMARTS) is 1. The SMILES string of the molecule is CC(C)C(=O)Nc1ccc(SCC(=O)O)nn1. The molecule has 92 valence electrons. The van der Waals surface area contributed by atoms with E-state index in [-0.39, 0.29) is 17.6 Å². The molecule has 1 aromatic heterocycles. The van der Waals surface area contributed by atoms with Crippen LogP contribution in [0.2, 0.25) is 0 Å². The average molecular weight is 255 g/mol. The number of amides is 1. The molecule has 0 saturated heterocycles. The lowest BCUT2D eigenvalue weighted by molar-refractivity contribution is -0.133. The first kappa shape index (κ1) is 13.4. The van der Waals surface area contributed by atoms with Gasteiger partial charge in [-0.05, 0) is 12.1 Å². The molecule has 1 aromatic rings. The van der Waals surface area contributed by atoms with Crippen LogP contribution >= 0.6 is 11.8 Å². The van der Waals surface area contributed by atoms with Gasteiger partial charge in [-0.25, -0.2) is 0 Å². The van der Waals surface area contributed by atoms with Crippen LogP contribution in [0.4, 0.5) is 5.82 Å². The fourth-order valence-corrected chi connectivity index (χ4v) is 1.40. The molecule has 0 bridgehead atoms. The van der Waals surface area contributed by atoms with Gasteiger partial charge in [-0.3, -0.25) is 9.59 Å². The van der Waals surface area contributed by atoms with Crippen molar-refractivity contribution >= 4 is 29.5 Å². The van der Waals surface area contributed by atoms with E-state index in [1.807, 2.05) is 0 Å². The number of anilines is 1. The zero-order valence-electron chi connectivity index (χ0n) is 9.51. The summed E-state index contributed by atoms with van der Waals surface area (Å²) < 4.78 is 0. The molecule has 0 atom stereocenters. The molecule has 0 radical (unpaired) electrons. The molecule has 1 rings (SSSR count). The lowest BCUT2D eigenvalue weighted by Gasteiger charge is -2.06. The van der Waals surface area contributed by atoms with Gasteiger partial charge in [-0.2, -0.15) is 0 Å². The zero-order chi connectivity index (χ0) is 12.8. The molecule has 0 spiro atoms. The molecule has 0 unspecified atom stereocenters. The maximum atomic E-state index is 11.4. The Balaban J connectivity index is 2.56. The Morgan fingerprint density at radius 1 is 1.41 bits per heavy atom. The highest BCUT2D eigenvalue weighted by atomic mass is 32.2. The predicted molar refractivity (Wildman–Crippen MR) is 63.9 cm³/mol. The molecule has 2 N–H and O–H groups in total. The molecule has 0 fully saturated rings. The highest BCUT2D eigenvalue weighted by Crippen LogP contribution is 2.15. The Morgan fingerprint density at radius 2 is 2.12 bits per heavy atom. The number of thioether (sulfide) groups is 1. The van der Waals surface area contributed by atoms with Gasteiger partial charge in [0.25, 0.3) is 0 Å². The molecular formula is C10H13N3O3S. The number of hydrogen-bond acceptors (Lipinski definition) is 5. The van der Waals surface area contributed by atoms with Gasteiger partial charge in [0.2, 0.25) is 5.91 Å². The van der Waals surface area contributed by atoms with E-state index >= 15 is 0 Å². The van der Waals surface area contributed by atoms with Gasteiger partial charge < -0.3 is 10.4 Å². The van der Waals surface area contributed by atoms with E-state index < -0.39 is 5.97 Å². The van der Waals surface area contributed by atoms with Gasteiger partial charge in [0, 0.05) is 5.92 Å². The first-order valence-electron chi connectivity index (χ1n) is 4.98. The van der Waals surface area contributed by atoms with Gasteiger partial charge in [0.05, 0.1) is 5.75 Å². The van der Waals surface area contributed by atoms with Crippen LogP contribution in [0.1, 0.15) is 13.8 Å². The largest absolute Gasteiger partial charge is 0.481 e. The van der Waals surface area contributed by atoms with E-state index in [1.165, 1.54) is 0 Å². The number of rotatable bonds is 5. The second-order valence-corrected chi connectivity index (χ2v) is 4.58. The number of carboxylic acids is 1. The smallest absolute Gasteiger partial charge is 0.313 e. The van der Waals surface area contributed by atoms with Crippen LogP contribution < -0.4 is 5.32 Å². The first-order valence-corrected chi connectivity index (χ1v) is 5.97. The van der Waals surface area contributed by atoms with Crippen molar-refractivity contribution in [3.8, 4) is 0 Å². The van der Waals surface area contributed by atoms with E-state index in [2.05, 4.69) is 15.5 Å². The van der Waals surface area contributed by atoms with Crippen LogP contribution in [-0.4, -0.2) is 32.9 Å². The van der Waals surface area contributed by atoms with Gasteiger partial charge in [0.1, 0.15) is 5.03 Å². The fourth-order valence-electron chi connectivity index (χ4n) is 0.870. The normalized spacial score (nSPS) is 10.3. The number of nitrogens with one attached hydrogen (secondary N) is 1. The molecular weight excluding hydrogens is 242 g/mol. The van der Waals surface area contributed by atoms with Crippen LogP contribution in [0.15, 0.2) is 17.2 Å². The number of carbonyl (C=O) groups is 2. The summed E-state index contributed by atoms with van der Waals surface area (Å²) >= 11 is 1.08. The van der Waals surface area contributed by atoms with Crippen molar-refractivity contribution in [2.75, 3.05) is 11.1 Å². The van der Waals surface area contributed by atoms with Crippen molar-refractivity contribution in [3.63, 3.8) is 0 Å². The molecule has 0 aliphatic carbocycles. The topological polar surface area (TPSA) is 92.2 Å². The Bertz CT molecular complexity index is 406. The average Bonchev–Trinajstić information content (AvgIpc) is 2.28. The van der Waals surface area contributed by atoms with E-state index in [0.717, 1.165) is 11.8 Å². The molecule has 6 nitrogen and oxygen atoms in total. The zero-order valence-corrected chi connectivity index (χ0v) is 10.3. The molecule has 17 heavy (non-hydrogen) atoms. The molecule has 7 heteroatoms. The van der Waals surface area contributed by atoms with Crippen LogP contribution in [0, 0.1) is 5.92 Å². The maximum Gasteiger partial charge on any atom is 0.313 e. The predicted octanol–water partition coefficient (Wildman–Crippen LogP) is 1.25. The summed E-state index contributed by atoms with van der Waals surface area (Å²) in [4.78, 5) is 21.7. The number of aromatic nitrogens is 2. The van der Waals surface area contributed by atoms with Crippen LogP contribution in [0.5, 0.6) is 0 Å². The highest BCUT2D eigenvalue weighted by molar-refractivity contribution is 7.99. The first-order chi connectivity index (χ1) is 7.99. The van der Waals surface area contributed by atoms with Crippen molar-refractivity contribution in [2.45, 2.75) is 18.9 Å². The Kier molecular flexibility index (Phi) is 4.89. The minimum Gasteiger partial charge on any atom is -0.481 e. The maximum absolute atomic E-state index is 11.4. The third kappa shape index (κ3) is 4.81. The third-order valence-corrected chi connectivity index (χ3v) is 2.66. The standard InChI is InChI=1S/C10H13N3O3S/c1-6(2)10(16)11-7-3-4-8(13-12-7)17-5-9(14)15/h3-4,6H,5H2,1-2H3,(H,14,15)(H,11,12,16). The minimum atomic E-state index is -0.908. The van der Waals surface area contributed by atoms with E-state index in [4.69, 9.17) is 5.11 Å². The van der Waals surface area contributed by atoms with Crippen molar-refractivity contribution in [3.05, 3.63) is 12.1 Å². The summed E-state index contributed by atoms with van der Waals surface area (Å²) in [6.07, 6.45) is 0. The molecule has 0 saturated carbocycles. The van der Waals surface area contributed by atoms with Crippen molar-refractivity contribution in [1.82, 2.24) is 10.2 Å². The minimum absolute atomic E-state index is 0.0631. The van der Waals surface area contributed by atoms with Crippen LogP contribution in [0.3, 0.4) is 0 Å². The molecule has 0 aromatic carbocycles. The lowest BCUT2D eigenvalue weighted by atomic mass is 10.2. The Morgan fingerprint density at radius 3 is 2.59 bits per heavy atom. The van der Waals surface area contributed by atoms with Gasteiger partial charge in [0.15, 0.2) is 5.82 Å². The highest BCUT2D eigenvalue weighted by Gasteiger charge is 2.08. The van der Waals surface area contributed by atoms with E-state index in [0.29, 0.717) is 10.8 Å². The summed E-state index contributed by atoms with van der Waals surface area (Å²) in [5.41, 5.74) is 0. The summed E-state index contributed by atoms with van der Waals surface area (Å²) in [5, 5.41) is 19.2. The Labute approximate surface area is 103 Å². The summed E-state index contributed by atoms with van der Waals surface area (Å²) in [6, 6.07) is 3.22. The molecule has 0 aliphatic heterocycles. The molecule has 1 amide bonds. The van der Waals surface area contributed by atoms with Crippen molar-refractivity contribution < 1.29 is 14.7 Å². The second-order valence-electron chi connectivity index (χ2n) is 3.58. The van der Waals surface area contributed by atoms with Crippen molar-refractivity contribution in [1.29, 1.82) is 0 Å². The van der Waals surface area contributed by atoms with Crippen LogP contribution in [-0.2, 0) is 9.59 Å². The van der Waals surface area contributed by atoms with E-state index in [9.17, 15) is 9.59 Å². The number of nitrogens with zero attached hydrogens (tertiary/aromatic N) is 2. The van der Waals surface area contributed by atoms with Crippen molar-refractivity contribution in [2.24, 2.45) is 5.92 Å². The summed E-state index contributed by atoms with van der Waals surface area (Å²) in [7, 11) is 0. The summed E-state index contributed by atoms with van der Waals surface area (Å²) in [6.45, 7) is 3.56. The van der Waals surface area contributed by atoms with Gasteiger partial charge in [-0.1, -0.05) is 25.6 Å². The van der Waals surface area contributed by atoms with Gasteiger partial charge in [-0.15, -0.1) is 10.2 Å². The summed E-state index contributed by atoms with van der Waals surface area (Å²) in [5.74, 6) is -0.868. The second kappa shape index (κ2) is 6.19.